The van der Waals surface area contributed by atoms with Gasteiger partial charge in [-0.15, -0.1) is 0 Å². The number of fused-ring (bicyclic) bond motifs is 1. The molecule has 1 N–H and O–H groups in total. The van der Waals surface area contributed by atoms with Crippen molar-refractivity contribution in [3.05, 3.63) is 30.1 Å². The Morgan fingerprint density at radius 3 is 3.07 bits per heavy atom. The average Bonchev–Trinajstić information content (AvgIpc) is 2.51. The van der Waals surface area contributed by atoms with E-state index in [1.54, 1.807) is 0 Å². The van der Waals surface area contributed by atoms with E-state index in [1.165, 1.54) is 0 Å². The van der Waals surface area contributed by atoms with Crippen LogP contribution < -0.4 is 5.32 Å². The van der Waals surface area contributed by atoms with E-state index in [0.717, 1.165) is 16.9 Å². The van der Waals surface area contributed by atoms with Crippen LogP contribution in [-0.4, -0.2) is 16.0 Å². The lowest BCUT2D eigenvalue weighted by Gasteiger charge is -2.04. The SMILES string of the molecule is Cc1nc2ccccc2n1CNC=O. The Balaban J connectivity index is 2.50. The van der Waals surface area contributed by atoms with Crippen LogP contribution in [0.15, 0.2) is 24.3 Å². The standard InChI is InChI=1S/C10H11N3O/c1-8-12-9-4-2-3-5-10(9)13(8)6-11-7-14/h2-5,7H,6H2,1H3,(H,11,14). The molecule has 72 valence electrons. The van der Waals surface area contributed by atoms with Gasteiger partial charge in [0.05, 0.1) is 17.7 Å². The third kappa shape index (κ3) is 1.35. The lowest BCUT2D eigenvalue weighted by atomic mass is 10.3. The molecule has 0 atom stereocenters. The fourth-order valence-electron chi connectivity index (χ4n) is 1.52. The molecule has 1 heterocycles. The summed E-state index contributed by atoms with van der Waals surface area (Å²) in [7, 11) is 0. The van der Waals surface area contributed by atoms with Crippen molar-refractivity contribution in [1.29, 1.82) is 0 Å². The van der Waals surface area contributed by atoms with Crippen molar-refractivity contribution >= 4 is 17.4 Å². The van der Waals surface area contributed by atoms with E-state index in [0.29, 0.717) is 13.1 Å². The van der Waals surface area contributed by atoms with Gasteiger partial charge in [-0.2, -0.15) is 0 Å². The Morgan fingerprint density at radius 2 is 2.29 bits per heavy atom. The van der Waals surface area contributed by atoms with Crippen LogP contribution in [0.5, 0.6) is 0 Å². The highest BCUT2D eigenvalue weighted by Gasteiger charge is 2.04. The van der Waals surface area contributed by atoms with E-state index in [1.807, 2.05) is 35.8 Å². The van der Waals surface area contributed by atoms with Crippen molar-refractivity contribution in [2.24, 2.45) is 0 Å². The number of hydrogen-bond acceptors (Lipinski definition) is 2. The molecule has 14 heavy (non-hydrogen) atoms. The topological polar surface area (TPSA) is 46.9 Å². The molecule has 0 aliphatic rings. The Morgan fingerprint density at radius 1 is 1.50 bits per heavy atom. The minimum Gasteiger partial charge on any atom is -0.341 e. The molecule has 2 aromatic rings. The second-order valence-corrected chi connectivity index (χ2v) is 3.06. The molecule has 0 aliphatic carbocycles. The summed E-state index contributed by atoms with van der Waals surface area (Å²) in [4.78, 5) is 14.6. The molecule has 0 unspecified atom stereocenters. The zero-order chi connectivity index (χ0) is 9.97. The maximum atomic E-state index is 10.2. The molecule has 1 amide bonds. The van der Waals surface area contributed by atoms with Crippen molar-refractivity contribution in [2.45, 2.75) is 13.6 Å². The first-order valence-electron chi connectivity index (χ1n) is 4.42. The molecule has 0 fully saturated rings. The number of amides is 1. The number of hydrogen-bond donors (Lipinski definition) is 1. The number of nitrogens with zero attached hydrogens (tertiary/aromatic N) is 2. The average molecular weight is 189 g/mol. The van der Waals surface area contributed by atoms with Crippen LogP contribution in [0.1, 0.15) is 5.82 Å². The lowest BCUT2D eigenvalue weighted by molar-refractivity contribution is -0.109. The van der Waals surface area contributed by atoms with Crippen molar-refractivity contribution < 1.29 is 4.79 Å². The highest BCUT2D eigenvalue weighted by molar-refractivity contribution is 5.75. The van der Waals surface area contributed by atoms with Gasteiger partial charge in [0, 0.05) is 0 Å². The van der Waals surface area contributed by atoms with E-state index in [4.69, 9.17) is 0 Å². The molecule has 1 aromatic carbocycles. The number of aromatic nitrogens is 2. The molecular weight excluding hydrogens is 178 g/mol. The van der Waals surface area contributed by atoms with Crippen molar-refractivity contribution in [3.63, 3.8) is 0 Å². The molecule has 0 aliphatic heterocycles. The second kappa shape index (κ2) is 3.49. The molecule has 0 saturated carbocycles. The van der Waals surface area contributed by atoms with Crippen molar-refractivity contribution in [2.75, 3.05) is 0 Å². The predicted molar refractivity (Wildman–Crippen MR) is 53.7 cm³/mol. The highest BCUT2D eigenvalue weighted by Crippen LogP contribution is 2.14. The number of nitrogens with one attached hydrogen (secondary N) is 1. The first kappa shape index (κ1) is 8.74. The van der Waals surface area contributed by atoms with Crippen LogP contribution >= 0.6 is 0 Å². The smallest absolute Gasteiger partial charge is 0.208 e. The summed E-state index contributed by atoms with van der Waals surface area (Å²) in [6.07, 6.45) is 0.689. The predicted octanol–water partition coefficient (Wildman–Crippen LogP) is 1.05. The molecule has 4 nitrogen and oxygen atoms in total. The number of benzene rings is 1. The zero-order valence-electron chi connectivity index (χ0n) is 7.90. The quantitative estimate of drug-likeness (QED) is 0.733. The molecule has 0 saturated heterocycles. The van der Waals surface area contributed by atoms with Crippen LogP contribution in [0.25, 0.3) is 11.0 Å². The summed E-state index contributed by atoms with van der Waals surface area (Å²) in [5.74, 6) is 0.903. The van der Waals surface area contributed by atoms with Crippen molar-refractivity contribution in [1.82, 2.24) is 14.9 Å². The van der Waals surface area contributed by atoms with Gasteiger partial charge in [-0.25, -0.2) is 4.98 Å². The van der Waals surface area contributed by atoms with Crippen LogP contribution in [0.3, 0.4) is 0 Å². The maximum Gasteiger partial charge on any atom is 0.208 e. The van der Waals surface area contributed by atoms with E-state index in [-0.39, 0.29) is 0 Å². The van der Waals surface area contributed by atoms with Gasteiger partial charge in [0.15, 0.2) is 0 Å². The summed E-state index contributed by atoms with van der Waals surface area (Å²) in [6.45, 7) is 2.39. The number of imidazole rings is 1. The number of rotatable bonds is 3. The summed E-state index contributed by atoms with van der Waals surface area (Å²) in [5, 5.41) is 2.63. The van der Waals surface area contributed by atoms with Gasteiger partial charge in [0.1, 0.15) is 5.82 Å². The number of carbonyl (C=O) groups excluding carboxylic acids is 1. The molecular formula is C10H11N3O. The second-order valence-electron chi connectivity index (χ2n) is 3.06. The molecule has 0 spiro atoms. The Kier molecular flexibility index (Phi) is 2.18. The molecule has 0 bridgehead atoms. The van der Waals surface area contributed by atoms with Crippen LogP contribution in [0, 0.1) is 6.92 Å². The third-order valence-corrected chi connectivity index (χ3v) is 2.18. The molecule has 2 rings (SSSR count). The number of para-hydroxylation sites is 2. The first-order valence-corrected chi connectivity index (χ1v) is 4.42. The first-order chi connectivity index (χ1) is 6.83. The zero-order valence-corrected chi connectivity index (χ0v) is 7.90. The summed E-state index contributed by atoms with van der Waals surface area (Å²) in [5.41, 5.74) is 2.00. The lowest BCUT2D eigenvalue weighted by Crippen LogP contribution is -2.17. The minimum atomic E-state index is 0.468. The van der Waals surface area contributed by atoms with Crippen LogP contribution in [-0.2, 0) is 11.5 Å². The van der Waals surface area contributed by atoms with Gasteiger partial charge in [-0.3, -0.25) is 4.79 Å². The Labute approximate surface area is 81.6 Å². The van der Waals surface area contributed by atoms with Crippen LogP contribution in [0.4, 0.5) is 0 Å². The van der Waals surface area contributed by atoms with E-state index in [9.17, 15) is 4.79 Å². The highest BCUT2D eigenvalue weighted by atomic mass is 16.1. The van der Waals surface area contributed by atoms with E-state index >= 15 is 0 Å². The largest absolute Gasteiger partial charge is 0.341 e. The van der Waals surface area contributed by atoms with Gasteiger partial charge in [0.2, 0.25) is 6.41 Å². The van der Waals surface area contributed by atoms with Gasteiger partial charge in [-0.1, -0.05) is 12.1 Å². The normalized spacial score (nSPS) is 10.4. The monoisotopic (exact) mass is 189 g/mol. The Hall–Kier alpha value is -1.84. The molecule has 4 heteroatoms. The van der Waals surface area contributed by atoms with Crippen molar-refractivity contribution in [3.8, 4) is 0 Å². The van der Waals surface area contributed by atoms with Gasteiger partial charge in [-0.05, 0) is 19.1 Å². The van der Waals surface area contributed by atoms with Gasteiger partial charge in [0.25, 0.3) is 0 Å². The summed E-state index contributed by atoms with van der Waals surface area (Å²) in [6, 6.07) is 7.86. The number of carbonyl (C=O) groups is 1. The summed E-state index contributed by atoms with van der Waals surface area (Å²) < 4.78 is 1.96. The molecule has 0 radical (unpaired) electrons. The fraction of sp³-hybridized carbons (Fsp3) is 0.200. The molecule has 1 aromatic heterocycles. The van der Waals surface area contributed by atoms with Gasteiger partial charge < -0.3 is 9.88 Å². The maximum absolute atomic E-state index is 10.2. The fourth-order valence-corrected chi connectivity index (χ4v) is 1.52. The van der Waals surface area contributed by atoms with Gasteiger partial charge >= 0.3 is 0 Å². The minimum absolute atomic E-state index is 0.468. The third-order valence-electron chi connectivity index (χ3n) is 2.18. The van der Waals surface area contributed by atoms with E-state index in [2.05, 4.69) is 10.3 Å². The van der Waals surface area contributed by atoms with Crippen LogP contribution in [0.2, 0.25) is 0 Å². The summed E-state index contributed by atoms with van der Waals surface area (Å²) >= 11 is 0. The Bertz CT molecular complexity index is 461. The number of aryl methyl sites for hydroxylation is 1. The van der Waals surface area contributed by atoms with E-state index < -0.39 is 0 Å².